The number of hydrogen-bond donors (Lipinski definition) is 3. The average Bonchev–Trinajstić information content (AvgIpc) is 2.96. The second kappa shape index (κ2) is 5.83. The Morgan fingerprint density at radius 3 is 2.65 bits per heavy atom. The van der Waals surface area contributed by atoms with Crippen LogP contribution < -0.4 is 16.0 Å². The van der Waals surface area contributed by atoms with Crippen molar-refractivity contribution in [2.75, 3.05) is 22.5 Å². The summed E-state index contributed by atoms with van der Waals surface area (Å²) in [6.07, 6.45) is -3.66. The highest BCUT2D eigenvalue weighted by molar-refractivity contribution is 6.00. The molecule has 3 N–H and O–H groups in total. The van der Waals surface area contributed by atoms with Crippen molar-refractivity contribution in [1.29, 1.82) is 0 Å². The Morgan fingerprint density at radius 1 is 1.09 bits per heavy atom. The maximum absolute atomic E-state index is 12.7. The quantitative estimate of drug-likeness (QED) is 0.772. The van der Waals surface area contributed by atoms with Gasteiger partial charge in [0.1, 0.15) is 0 Å². The fourth-order valence-electron chi connectivity index (χ4n) is 2.52. The Morgan fingerprint density at radius 2 is 1.87 bits per heavy atom. The SMILES string of the molecule is O=C(Nc1cccc(C(F)(F)F)c1)Nc1cccc2c1CCN2. The van der Waals surface area contributed by atoms with Crippen molar-refractivity contribution in [3.63, 3.8) is 0 Å². The molecule has 0 aliphatic carbocycles. The van der Waals surface area contributed by atoms with Gasteiger partial charge in [-0.25, -0.2) is 4.79 Å². The van der Waals surface area contributed by atoms with Crippen LogP contribution in [-0.4, -0.2) is 12.6 Å². The molecule has 23 heavy (non-hydrogen) atoms. The van der Waals surface area contributed by atoms with E-state index in [9.17, 15) is 18.0 Å². The first-order valence-corrected chi connectivity index (χ1v) is 7.04. The van der Waals surface area contributed by atoms with Crippen LogP contribution in [0, 0.1) is 0 Å². The molecule has 0 atom stereocenters. The van der Waals surface area contributed by atoms with E-state index in [-0.39, 0.29) is 5.69 Å². The number of carbonyl (C=O) groups excluding carboxylic acids is 1. The van der Waals surface area contributed by atoms with Gasteiger partial charge in [-0.2, -0.15) is 13.2 Å². The van der Waals surface area contributed by atoms with Crippen LogP contribution in [0.1, 0.15) is 11.1 Å². The zero-order chi connectivity index (χ0) is 16.4. The number of carbonyl (C=O) groups is 1. The van der Waals surface area contributed by atoms with Crippen molar-refractivity contribution in [1.82, 2.24) is 0 Å². The first-order chi connectivity index (χ1) is 10.9. The molecule has 4 nitrogen and oxygen atoms in total. The zero-order valence-corrected chi connectivity index (χ0v) is 12.0. The van der Waals surface area contributed by atoms with Gasteiger partial charge in [-0.05, 0) is 36.8 Å². The van der Waals surface area contributed by atoms with E-state index in [0.29, 0.717) is 5.69 Å². The summed E-state index contributed by atoms with van der Waals surface area (Å²) in [5.74, 6) is 0. The van der Waals surface area contributed by atoms with Gasteiger partial charge in [0.05, 0.1) is 5.56 Å². The molecule has 3 rings (SSSR count). The molecule has 0 spiro atoms. The summed E-state index contributed by atoms with van der Waals surface area (Å²) in [5.41, 5.74) is 1.88. The van der Waals surface area contributed by atoms with E-state index in [1.54, 1.807) is 12.1 Å². The standard InChI is InChI=1S/C16H14F3N3O/c17-16(18,19)10-3-1-4-11(9-10)21-15(23)22-14-6-2-5-13-12(14)7-8-20-13/h1-6,9,20H,7-8H2,(H2,21,22,23). The van der Waals surface area contributed by atoms with Crippen LogP contribution in [0.25, 0.3) is 0 Å². The van der Waals surface area contributed by atoms with Crippen molar-refractivity contribution in [3.8, 4) is 0 Å². The first-order valence-electron chi connectivity index (χ1n) is 7.04. The summed E-state index contributed by atoms with van der Waals surface area (Å²) in [7, 11) is 0. The van der Waals surface area contributed by atoms with Crippen molar-refractivity contribution >= 4 is 23.1 Å². The Hall–Kier alpha value is -2.70. The van der Waals surface area contributed by atoms with E-state index in [4.69, 9.17) is 0 Å². The molecule has 1 heterocycles. The normalized spacial score (nSPS) is 13.2. The van der Waals surface area contributed by atoms with E-state index < -0.39 is 17.8 Å². The van der Waals surface area contributed by atoms with Crippen LogP contribution in [0.5, 0.6) is 0 Å². The number of anilines is 3. The summed E-state index contributed by atoms with van der Waals surface area (Å²) in [6, 6.07) is 9.42. The monoisotopic (exact) mass is 321 g/mol. The minimum absolute atomic E-state index is 0.0861. The van der Waals surface area contributed by atoms with Gasteiger partial charge in [0.2, 0.25) is 0 Å². The topological polar surface area (TPSA) is 53.2 Å². The third-order valence-electron chi connectivity index (χ3n) is 3.56. The maximum atomic E-state index is 12.7. The van der Waals surface area contributed by atoms with Crippen LogP contribution >= 0.6 is 0 Å². The second-order valence-corrected chi connectivity index (χ2v) is 5.17. The second-order valence-electron chi connectivity index (χ2n) is 5.17. The molecular formula is C16H14F3N3O. The Labute approximate surface area is 130 Å². The summed E-state index contributed by atoms with van der Waals surface area (Å²) in [5, 5.41) is 8.29. The maximum Gasteiger partial charge on any atom is 0.416 e. The molecule has 0 radical (unpaired) electrons. The minimum Gasteiger partial charge on any atom is -0.384 e. The molecular weight excluding hydrogens is 307 g/mol. The molecule has 0 unspecified atom stereocenters. The van der Waals surface area contributed by atoms with E-state index in [1.165, 1.54) is 12.1 Å². The molecule has 7 heteroatoms. The molecule has 0 aromatic heterocycles. The number of urea groups is 1. The Kier molecular flexibility index (Phi) is 3.85. The lowest BCUT2D eigenvalue weighted by molar-refractivity contribution is -0.137. The number of halogens is 3. The van der Waals surface area contributed by atoms with Crippen molar-refractivity contribution in [2.45, 2.75) is 12.6 Å². The number of alkyl halides is 3. The number of hydrogen-bond acceptors (Lipinski definition) is 2. The smallest absolute Gasteiger partial charge is 0.384 e. The van der Waals surface area contributed by atoms with E-state index in [2.05, 4.69) is 16.0 Å². The number of amides is 2. The van der Waals surface area contributed by atoms with Crippen LogP contribution in [0.4, 0.5) is 35.0 Å². The van der Waals surface area contributed by atoms with Crippen molar-refractivity contribution in [3.05, 3.63) is 53.6 Å². The highest BCUT2D eigenvalue weighted by Crippen LogP contribution is 2.31. The molecule has 0 fully saturated rings. The fourth-order valence-corrected chi connectivity index (χ4v) is 2.52. The van der Waals surface area contributed by atoms with E-state index in [1.807, 2.05) is 6.07 Å². The summed E-state index contributed by atoms with van der Waals surface area (Å²) in [4.78, 5) is 12.0. The van der Waals surface area contributed by atoms with Gasteiger partial charge < -0.3 is 16.0 Å². The highest BCUT2D eigenvalue weighted by Gasteiger charge is 2.30. The zero-order valence-electron chi connectivity index (χ0n) is 12.0. The van der Waals surface area contributed by atoms with Crippen molar-refractivity contribution in [2.24, 2.45) is 0 Å². The molecule has 0 bridgehead atoms. The lowest BCUT2D eigenvalue weighted by Crippen LogP contribution is -2.20. The minimum atomic E-state index is -4.44. The average molecular weight is 321 g/mol. The fraction of sp³-hybridized carbons (Fsp3) is 0.188. The van der Waals surface area contributed by atoms with Crippen LogP contribution in [0.15, 0.2) is 42.5 Å². The van der Waals surface area contributed by atoms with E-state index in [0.717, 1.165) is 36.3 Å². The molecule has 2 aromatic rings. The number of fused-ring (bicyclic) bond motifs is 1. The van der Waals surface area contributed by atoms with Gasteiger partial charge in [-0.1, -0.05) is 12.1 Å². The molecule has 2 amide bonds. The largest absolute Gasteiger partial charge is 0.416 e. The van der Waals surface area contributed by atoms with Gasteiger partial charge in [-0.15, -0.1) is 0 Å². The van der Waals surface area contributed by atoms with Crippen molar-refractivity contribution < 1.29 is 18.0 Å². The van der Waals surface area contributed by atoms with Crippen LogP contribution in [0.2, 0.25) is 0 Å². The van der Waals surface area contributed by atoms with Gasteiger partial charge in [-0.3, -0.25) is 0 Å². The Balaban J connectivity index is 1.72. The molecule has 0 saturated carbocycles. The third kappa shape index (κ3) is 3.39. The van der Waals surface area contributed by atoms with Gasteiger partial charge >= 0.3 is 12.2 Å². The van der Waals surface area contributed by atoms with Gasteiger partial charge in [0, 0.05) is 29.2 Å². The summed E-state index contributed by atoms with van der Waals surface area (Å²) in [6.45, 7) is 0.795. The highest BCUT2D eigenvalue weighted by atomic mass is 19.4. The number of nitrogens with one attached hydrogen (secondary N) is 3. The number of benzene rings is 2. The lowest BCUT2D eigenvalue weighted by atomic mass is 10.1. The van der Waals surface area contributed by atoms with E-state index >= 15 is 0 Å². The summed E-state index contributed by atoms with van der Waals surface area (Å²) < 4.78 is 38.0. The third-order valence-corrected chi connectivity index (χ3v) is 3.56. The predicted molar refractivity (Wildman–Crippen MR) is 82.7 cm³/mol. The molecule has 1 aliphatic heterocycles. The Bertz CT molecular complexity index is 744. The first kappa shape index (κ1) is 15.2. The predicted octanol–water partition coefficient (Wildman–Crippen LogP) is 4.32. The van der Waals surface area contributed by atoms with Gasteiger partial charge in [0.25, 0.3) is 0 Å². The van der Waals surface area contributed by atoms with Crippen LogP contribution in [-0.2, 0) is 12.6 Å². The van der Waals surface area contributed by atoms with Crippen LogP contribution in [0.3, 0.4) is 0 Å². The van der Waals surface area contributed by atoms with Gasteiger partial charge in [0.15, 0.2) is 0 Å². The number of rotatable bonds is 2. The molecule has 2 aromatic carbocycles. The summed E-state index contributed by atoms with van der Waals surface area (Å²) >= 11 is 0. The molecule has 120 valence electrons. The molecule has 0 saturated heterocycles. The lowest BCUT2D eigenvalue weighted by Gasteiger charge is -2.12. The molecule has 1 aliphatic rings.